The second-order valence-corrected chi connectivity index (χ2v) is 5.66. The first-order valence-electron chi connectivity index (χ1n) is 5.96. The van der Waals surface area contributed by atoms with Crippen molar-refractivity contribution >= 4 is 27.5 Å². The quantitative estimate of drug-likeness (QED) is 0.809. The van der Waals surface area contributed by atoms with Gasteiger partial charge in [-0.25, -0.2) is 0 Å². The van der Waals surface area contributed by atoms with Crippen LogP contribution in [0.3, 0.4) is 0 Å². The summed E-state index contributed by atoms with van der Waals surface area (Å²) in [6.45, 7) is 5.20. The van der Waals surface area contributed by atoms with Gasteiger partial charge < -0.3 is 15.4 Å². The summed E-state index contributed by atoms with van der Waals surface area (Å²) in [6.07, 6.45) is 0.143. The summed E-state index contributed by atoms with van der Waals surface area (Å²) in [7, 11) is 0. The first kappa shape index (κ1) is 13.4. The standard InChI is InChI=1S/C13H17BrN2O2/c1-8-6-16(7-9(2)18-8)13(17)10-3-11(14)5-12(15)4-10/h3-5,8-9H,6-7,15H2,1-2H3/t8-,9-/m0/s1. The van der Waals surface area contributed by atoms with Crippen LogP contribution < -0.4 is 5.73 Å². The van der Waals surface area contributed by atoms with Gasteiger partial charge in [-0.2, -0.15) is 0 Å². The molecule has 1 aromatic carbocycles. The number of hydrogen-bond acceptors (Lipinski definition) is 3. The minimum Gasteiger partial charge on any atom is -0.399 e. The molecule has 0 radical (unpaired) electrons. The molecule has 0 aliphatic carbocycles. The Morgan fingerprint density at radius 2 is 1.94 bits per heavy atom. The summed E-state index contributed by atoms with van der Waals surface area (Å²) >= 11 is 3.35. The molecule has 2 N–H and O–H groups in total. The van der Waals surface area contributed by atoms with Crippen molar-refractivity contribution in [3.63, 3.8) is 0 Å². The van der Waals surface area contributed by atoms with Crippen molar-refractivity contribution in [2.45, 2.75) is 26.1 Å². The number of rotatable bonds is 1. The van der Waals surface area contributed by atoms with Crippen LogP contribution in [0.1, 0.15) is 24.2 Å². The lowest BCUT2D eigenvalue weighted by molar-refractivity contribution is -0.0586. The summed E-state index contributed by atoms with van der Waals surface area (Å²) in [6, 6.07) is 5.28. The van der Waals surface area contributed by atoms with Crippen molar-refractivity contribution < 1.29 is 9.53 Å². The van der Waals surface area contributed by atoms with Crippen LogP contribution in [0.4, 0.5) is 5.69 Å². The fraction of sp³-hybridized carbons (Fsp3) is 0.462. The van der Waals surface area contributed by atoms with E-state index >= 15 is 0 Å². The molecule has 1 heterocycles. The van der Waals surface area contributed by atoms with E-state index in [2.05, 4.69) is 15.9 Å². The van der Waals surface area contributed by atoms with Crippen LogP contribution in [0.5, 0.6) is 0 Å². The highest BCUT2D eigenvalue weighted by Gasteiger charge is 2.26. The molecule has 0 aromatic heterocycles. The molecule has 1 aliphatic heterocycles. The second kappa shape index (κ2) is 5.28. The van der Waals surface area contributed by atoms with Gasteiger partial charge in [-0.15, -0.1) is 0 Å². The highest BCUT2D eigenvalue weighted by atomic mass is 79.9. The van der Waals surface area contributed by atoms with Gasteiger partial charge in [0.2, 0.25) is 0 Å². The van der Waals surface area contributed by atoms with Crippen molar-refractivity contribution in [2.75, 3.05) is 18.8 Å². The number of hydrogen-bond donors (Lipinski definition) is 1. The number of anilines is 1. The number of ether oxygens (including phenoxy) is 1. The second-order valence-electron chi connectivity index (χ2n) is 4.74. The van der Waals surface area contributed by atoms with E-state index in [1.807, 2.05) is 18.7 Å². The zero-order chi connectivity index (χ0) is 13.3. The van der Waals surface area contributed by atoms with Gasteiger partial charge in [0, 0.05) is 28.8 Å². The van der Waals surface area contributed by atoms with E-state index < -0.39 is 0 Å². The van der Waals surface area contributed by atoms with E-state index in [-0.39, 0.29) is 18.1 Å². The first-order chi connectivity index (χ1) is 8.45. The van der Waals surface area contributed by atoms with Gasteiger partial charge in [0.25, 0.3) is 5.91 Å². The Balaban J connectivity index is 2.20. The highest BCUT2D eigenvalue weighted by molar-refractivity contribution is 9.10. The van der Waals surface area contributed by atoms with Gasteiger partial charge in [0.15, 0.2) is 0 Å². The lowest BCUT2D eigenvalue weighted by Gasteiger charge is -2.35. The summed E-state index contributed by atoms with van der Waals surface area (Å²) < 4.78 is 6.44. The molecule has 4 nitrogen and oxygen atoms in total. The lowest BCUT2D eigenvalue weighted by Crippen LogP contribution is -2.48. The Labute approximate surface area is 115 Å². The summed E-state index contributed by atoms with van der Waals surface area (Å²) in [5, 5.41) is 0. The van der Waals surface area contributed by atoms with E-state index in [1.54, 1.807) is 18.2 Å². The third-order valence-corrected chi connectivity index (χ3v) is 3.33. The molecule has 1 amide bonds. The van der Waals surface area contributed by atoms with Gasteiger partial charge in [-0.1, -0.05) is 15.9 Å². The molecule has 2 rings (SSSR count). The third kappa shape index (κ3) is 3.03. The molecule has 18 heavy (non-hydrogen) atoms. The molecule has 0 unspecified atom stereocenters. The largest absolute Gasteiger partial charge is 0.399 e. The molecule has 0 saturated carbocycles. The van der Waals surface area contributed by atoms with Crippen LogP contribution in [-0.2, 0) is 4.74 Å². The normalized spacial score (nSPS) is 24.1. The van der Waals surface area contributed by atoms with Crippen LogP contribution in [-0.4, -0.2) is 36.1 Å². The SMILES string of the molecule is C[C@H]1CN(C(=O)c2cc(N)cc(Br)c2)C[C@H](C)O1. The van der Waals surface area contributed by atoms with Crippen molar-refractivity contribution in [3.8, 4) is 0 Å². The maximum Gasteiger partial charge on any atom is 0.254 e. The number of morpholine rings is 1. The Bertz CT molecular complexity index is 434. The third-order valence-electron chi connectivity index (χ3n) is 2.87. The van der Waals surface area contributed by atoms with Crippen molar-refractivity contribution in [1.29, 1.82) is 0 Å². The first-order valence-corrected chi connectivity index (χ1v) is 6.76. The van der Waals surface area contributed by atoms with Crippen LogP contribution in [0.2, 0.25) is 0 Å². The average molecular weight is 313 g/mol. The van der Waals surface area contributed by atoms with Gasteiger partial charge in [0.05, 0.1) is 12.2 Å². The van der Waals surface area contributed by atoms with E-state index in [4.69, 9.17) is 10.5 Å². The molecule has 0 bridgehead atoms. The molecule has 1 aromatic rings. The summed E-state index contributed by atoms with van der Waals surface area (Å²) in [5.41, 5.74) is 6.96. The molecular weight excluding hydrogens is 296 g/mol. The van der Waals surface area contributed by atoms with Crippen molar-refractivity contribution in [1.82, 2.24) is 4.90 Å². The smallest absolute Gasteiger partial charge is 0.254 e. The average Bonchev–Trinajstić information content (AvgIpc) is 2.25. The molecule has 0 spiro atoms. The van der Waals surface area contributed by atoms with Crippen LogP contribution in [0.25, 0.3) is 0 Å². The highest BCUT2D eigenvalue weighted by Crippen LogP contribution is 2.20. The Kier molecular flexibility index (Phi) is 3.92. The van der Waals surface area contributed by atoms with Crippen LogP contribution in [0.15, 0.2) is 22.7 Å². The fourth-order valence-electron chi connectivity index (χ4n) is 2.26. The fourth-order valence-corrected chi connectivity index (χ4v) is 2.77. The number of nitrogens with two attached hydrogens (primary N) is 1. The monoisotopic (exact) mass is 312 g/mol. The van der Waals surface area contributed by atoms with E-state index in [9.17, 15) is 4.79 Å². The zero-order valence-electron chi connectivity index (χ0n) is 10.5. The molecular formula is C13H17BrN2O2. The number of amides is 1. The van der Waals surface area contributed by atoms with E-state index in [1.165, 1.54) is 0 Å². The topological polar surface area (TPSA) is 55.6 Å². The Morgan fingerprint density at radius 3 is 2.50 bits per heavy atom. The van der Waals surface area contributed by atoms with E-state index in [0.29, 0.717) is 24.3 Å². The minimum atomic E-state index is 0.00463. The van der Waals surface area contributed by atoms with E-state index in [0.717, 1.165) is 4.47 Å². The Hall–Kier alpha value is -1.07. The number of halogens is 1. The van der Waals surface area contributed by atoms with Gasteiger partial charge in [-0.3, -0.25) is 4.79 Å². The van der Waals surface area contributed by atoms with Gasteiger partial charge >= 0.3 is 0 Å². The number of carbonyl (C=O) groups excluding carboxylic acids is 1. The lowest BCUT2D eigenvalue weighted by atomic mass is 10.1. The molecule has 5 heteroatoms. The van der Waals surface area contributed by atoms with Crippen LogP contribution >= 0.6 is 15.9 Å². The van der Waals surface area contributed by atoms with Crippen LogP contribution in [0, 0.1) is 0 Å². The molecule has 1 saturated heterocycles. The Morgan fingerprint density at radius 1 is 1.33 bits per heavy atom. The van der Waals surface area contributed by atoms with Crippen molar-refractivity contribution in [3.05, 3.63) is 28.2 Å². The molecule has 1 fully saturated rings. The summed E-state index contributed by atoms with van der Waals surface area (Å²) in [4.78, 5) is 14.2. The van der Waals surface area contributed by atoms with Gasteiger partial charge in [-0.05, 0) is 32.0 Å². The molecule has 1 aliphatic rings. The maximum absolute atomic E-state index is 12.4. The number of nitrogens with zero attached hydrogens (tertiary/aromatic N) is 1. The number of carbonyl (C=O) groups is 1. The summed E-state index contributed by atoms with van der Waals surface area (Å²) in [5.74, 6) is 0.00463. The maximum atomic E-state index is 12.4. The molecule has 2 atom stereocenters. The number of nitrogen functional groups attached to an aromatic ring is 1. The number of benzene rings is 1. The van der Waals surface area contributed by atoms with Crippen molar-refractivity contribution in [2.24, 2.45) is 0 Å². The minimum absolute atomic E-state index is 0.00463. The van der Waals surface area contributed by atoms with Gasteiger partial charge in [0.1, 0.15) is 0 Å². The predicted molar refractivity (Wildman–Crippen MR) is 74.5 cm³/mol. The predicted octanol–water partition coefficient (Wildman–Crippen LogP) is 2.28. The molecule has 98 valence electrons. The zero-order valence-corrected chi connectivity index (χ0v) is 12.1.